The van der Waals surface area contributed by atoms with Crippen LogP contribution in [0.4, 0.5) is 0 Å². The van der Waals surface area contributed by atoms with Crippen molar-refractivity contribution in [1.82, 2.24) is 0 Å². The van der Waals surface area contributed by atoms with Crippen LogP contribution in [0, 0.1) is 16.8 Å². The lowest BCUT2D eigenvalue weighted by molar-refractivity contribution is -0.792. The van der Waals surface area contributed by atoms with Gasteiger partial charge < -0.3 is 0 Å². The predicted molar refractivity (Wildman–Crippen MR) is 71.4 cm³/mol. The van der Waals surface area contributed by atoms with Crippen LogP contribution in [0.15, 0.2) is 29.2 Å². The maximum Gasteiger partial charge on any atom is 0.606 e. The Kier molecular flexibility index (Phi) is 7.42. The highest BCUT2D eigenvalue weighted by molar-refractivity contribution is 7.86. The van der Waals surface area contributed by atoms with Gasteiger partial charge in [-0.25, -0.2) is 0 Å². The van der Waals surface area contributed by atoms with Crippen molar-refractivity contribution in [2.24, 2.45) is 0 Å². The molecule has 1 aromatic carbocycles. The van der Waals surface area contributed by atoms with Crippen molar-refractivity contribution in [1.29, 1.82) is 0 Å². The van der Waals surface area contributed by atoms with E-state index in [1.54, 1.807) is 24.3 Å². The fraction of sp³-hybridized carbons (Fsp3) is 0.429. The minimum absolute atomic E-state index is 0.200. The van der Waals surface area contributed by atoms with Gasteiger partial charge in [0.25, 0.3) is 0 Å². The number of aryl methyl sites for hydroxylation is 1. The van der Waals surface area contributed by atoms with E-state index < -0.39 is 31.7 Å². The van der Waals surface area contributed by atoms with E-state index in [4.69, 9.17) is 2.51 Å². The molecule has 0 unspecified atom stereocenters. The molecule has 1 rings (SSSR count). The molecule has 0 bridgehead atoms. The SMILES string of the molecule is CCCCCC#C[I+]OS(=O)(=O)c1ccc(C)cc1. The van der Waals surface area contributed by atoms with Crippen molar-refractivity contribution >= 4 is 10.1 Å². The third kappa shape index (κ3) is 6.41. The number of benzene rings is 1. The molecule has 0 radical (unpaired) electrons. The molecule has 0 amide bonds. The number of hydrogen-bond acceptors (Lipinski definition) is 3. The molecule has 1 aromatic rings. The first-order valence-electron chi connectivity index (χ1n) is 6.18. The summed E-state index contributed by atoms with van der Waals surface area (Å²) in [5.74, 6) is 2.96. The van der Waals surface area contributed by atoms with Gasteiger partial charge in [-0.3, -0.25) is 0 Å². The van der Waals surface area contributed by atoms with Crippen molar-refractivity contribution in [2.45, 2.75) is 44.4 Å². The molecule has 5 heteroatoms. The van der Waals surface area contributed by atoms with Gasteiger partial charge in [-0.15, -0.1) is 0 Å². The molecule has 19 heavy (non-hydrogen) atoms. The molecule has 0 atom stereocenters. The van der Waals surface area contributed by atoms with Gasteiger partial charge in [0.05, 0.1) is 4.90 Å². The number of halogens is 1. The lowest BCUT2D eigenvalue weighted by Crippen LogP contribution is -3.59. The Morgan fingerprint density at radius 2 is 1.89 bits per heavy atom. The second-order valence-electron chi connectivity index (χ2n) is 4.14. The van der Waals surface area contributed by atoms with E-state index in [9.17, 15) is 8.42 Å². The predicted octanol–water partition coefficient (Wildman–Crippen LogP) is 0.246. The first kappa shape index (κ1) is 16.5. The van der Waals surface area contributed by atoms with Gasteiger partial charge in [0, 0.05) is 8.93 Å². The van der Waals surface area contributed by atoms with E-state index in [1.165, 1.54) is 0 Å². The molecule has 3 nitrogen and oxygen atoms in total. The lowest BCUT2D eigenvalue weighted by Gasteiger charge is -1.96. The van der Waals surface area contributed by atoms with Crippen LogP contribution >= 0.6 is 0 Å². The Balaban J connectivity index is 2.45. The van der Waals surface area contributed by atoms with Crippen LogP contribution in [0.5, 0.6) is 0 Å². The van der Waals surface area contributed by atoms with Crippen molar-refractivity contribution in [3.05, 3.63) is 29.8 Å². The van der Waals surface area contributed by atoms with E-state index in [-0.39, 0.29) is 4.90 Å². The Morgan fingerprint density at radius 3 is 2.53 bits per heavy atom. The normalized spacial score (nSPS) is 10.8. The van der Waals surface area contributed by atoms with E-state index in [2.05, 4.69) is 16.8 Å². The minimum atomic E-state index is -3.63. The molecule has 0 saturated carbocycles. The Hall–Kier alpha value is -0.580. The molecule has 0 heterocycles. The molecule has 0 aliphatic rings. The van der Waals surface area contributed by atoms with Gasteiger partial charge in [-0.1, -0.05) is 37.5 Å². The van der Waals surface area contributed by atoms with E-state index in [0.29, 0.717) is 0 Å². The average molecular weight is 393 g/mol. The molecule has 0 N–H and O–H groups in total. The Morgan fingerprint density at radius 1 is 1.21 bits per heavy atom. The average Bonchev–Trinajstić information content (AvgIpc) is 2.38. The molecule has 104 valence electrons. The zero-order valence-corrected chi connectivity index (χ0v) is 14.1. The fourth-order valence-electron chi connectivity index (χ4n) is 1.34. The van der Waals surface area contributed by atoms with E-state index in [0.717, 1.165) is 31.2 Å². The smallest absolute Gasteiger partial charge is 0.190 e. The highest BCUT2D eigenvalue weighted by Crippen LogP contribution is 2.10. The summed E-state index contributed by atoms with van der Waals surface area (Å²) >= 11 is -1.07. The van der Waals surface area contributed by atoms with Gasteiger partial charge in [-0.05, 0) is 31.4 Å². The quantitative estimate of drug-likeness (QED) is 0.395. The van der Waals surface area contributed by atoms with Crippen LogP contribution in [0.1, 0.15) is 38.2 Å². The van der Waals surface area contributed by atoms with Crippen molar-refractivity contribution in [3.8, 4) is 9.85 Å². The lowest BCUT2D eigenvalue weighted by atomic mass is 10.2. The summed E-state index contributed by atoms with van der Waals surface area (Å²) in [4.78, 5) is 0.200. The van der Waals surface area contributed by atoms with Crippen molar-refractivity contribution < 1.29 is 32.6 Å². The molecule has 0 fully saturated rings. The second kappa shape index (κ2) is 8.56. The monoisotopic (exact) mass is 393 g/mol. The van der Waals surface area contributed by atoms with Crippen LogP contribution in [0.3, 0.4) is 0 Å². The van der Waals surface area contributed by atoms with Gasteiger partial charge in [-0.2, -0.15) is 8.42 Å². The maximum atomic E-state index is 11.8. The highest BCUT2D eigenvalue weighted by atomic mass is 127. The molecule has 0 aliphatic carbocycles. The van der Waals surface area contributed by atoms with Crippen molar-refractivity contribution in [3.63, 3.8) is 0 Å². The summed E-state index contributed by atoms with van der Waals surface area (Å²) in [6, 6.07) is 6.63. The zero-order chi connectivity index (χ0) is 14.1. The first-order valence-corrected chi connectivity index (χ1v) is 9.55. The molecular formula is C14H18IO3S+. The maximum absolute atomic E-state index is 11.8. The Bertz CT molecular complexity index is 538. The van der Waals surface area contributed by atoms with Crippen LogP contribution in [-0.4, -0.2) is 8.42 Å². The van der Waals surface area contributed by atoms with Crippen LogP contribution < -0.4 is 21.6 Å². The van der Waals surface area contributed by atoms with Crippen LogP contribution in [-0.2, 0) is 12.6 Å². The summed E-state index contributed by atoms with van der Waals surface area (Å²) in [6.45, 7) is 4.05. The van der Waals surface area contributed by atoms with Crippen LogP contribution in [0.2, 0.25) is 0 Å². The number of hydrogen-bond donors (Lipinski definition) is 0. The van der Waals surface area contributed by atoms with Crippen LogP contribution in [0.25, 0.3) is 0 Å². The van der Waals surface area contributed by atoms with Gasteiger partial charge in [0.15, 0.2) is 0 Å². The summed E-state index contributed by atoms with van der Waals surface area (Å²) in [6.07, 6.45) is 4.21. The van der Waals surface area contributed by atoms with E-state index >= 15 is 0 Å². The zero-order valence-electron chi connectivity index (χ0n) is 11.1. The van der Waals surface area contributed by atoms with Gasteiger partial charge in [0.1, 0.15) is 0 Å². The third-order valence-corrected chi connectivity index (χ3v) is 6.07. The largest absolute Gasteiger partial charge is 0.606 e. The minimum Gasteiger partial charge on any atom is -0.190 e. The summed E-state index contributed by atoms with van der Waals surface area (Å²) in [7, 11) is -3.63. The third-order valence-electron chi connectivity index (χ3n) is 2.43. The van der Waals surface area contributed by atoms with Crippen molar-refractivity contribution in [2.75, 3.05) is 0 Å². The highest BCUT2D eigenvalue weighted by Gasteiger charge is 2.24. The van der Waals surface area contributed by atoms with Gasteiger partial charge >= 0.3 is 31.7 Å². The fourth-order valence-corrected chi connectivity index (χ4v) is 4.02. The second-order valence-corrected chi connectivity index (χ2v) is 7.70. The molecule has 0 saturated heterocycles. The molecule has 0 aliphatic heterocycles. The number of rotatable bonds is 6. The molecule has 0 aromatic heterocycles. The summed E-state index contributed by atoms with van der Waals surface area (Å²) in [5.41, 5.74) is 1.02. The topological polar surface area (TPSA) is 43.4 Å². The standard InChI is InChI=1S/C14H18IO3S/c1-3-4-5-6-7-12-15-18-19(16,17)14-10-8-13(2)9-11-14/h8-11H,3-6H2,1-2H3/q+1. The first-order chi connectivity index (χ1) is 9.06. The molecular weight excluding hydrogens is 375 g/mol. The molecule has 0 spiro atoms. The Labute approximate surface area is 126 Å². The summed E-state index contributed by atoms with van der Waals surface area (Å²) in [5, 5.41) is 0. The van der Waals surface area contributed by atoms with Gasteiger partial charge in [0.2, 0.25) is 3.93 Å². The number of unbranched alkanes of at least 4 members (excludes halogenated alkanes) is 3. The van der Waals surface area contributed by atoms with E-state index in [1.807, 2.05) is 6.92 Å². The summed E-state index contributed by atoms with van der Waals surface area (Å²) < 4.78 is 31.4.